The molecule has 4 heterocycles. The van der Waals surface area contributed by atoms with E-state index in [1.165, 1.54) is 46.3 Å². The van der Waals surface area contributed by atoms with Crippen molar-refractivity contribution < 1.29 is 71.4 Å². The first-order valence-electron chi connectivity index (χ1n) is 19.8. The number of ether oxygens (including phenoxy) is 3. The molecule has 0 saturated carbocycles. The summed E-state index contributed by atoms with van der Waals surface area (Å²) in [6.07, 6.45) is 5.99. The number of nitrogens with zero attached hydrogens (tertiary/aromatic N) is 8. The topological polar surface area (TPSA) is 171 Å². The Kier molecular flexibility index (Phi) is 15.6. The Morgan fingerprint density at radius 1 is 0.857 bits per heavy atom. The van der Waals surface area contributed by atoms with Crippen LogP contribution >= 0.6 is 7.82 Å². The van der Waals surface area contributed by atoms with E-state index in [1.54, 1.807) is 29.1 Å². The number of rotatable bonds is 13. The van der Waals surface area contributed by atoms with Crippen molar-refractivity contribution in [1.82, 2.24) is 29.1 Å². The maximum Gasteiger partial charge on any atom is 1.00 e. The molecule has 328 valence electrons. The predicted octanol–water partition coefficient (Wildman–Crippen LogP) is 2.99. The Morgan fingerprint density at radius 2 is 1.49 bits per heavy atom. The zero-order chi connectivity index (χ0) is 43.9. The summed E-state index contributed by atoms with van der Waals surface area (Å²) < 4.78 is 66.0. The summed E-state index contributed by atoms with van der Waals surface area (Å²) in [5.74, 6) is -2.14. The van der Waals surface area contributed by atoms with Gasteiger partial charge in [-0.25, -0.2) is 37.1 Å². The average Bonchev–Trinajstić information content (AvgIpc) is 4.00. The zero-order valence-corrected chi connectivity index (χ0v) is 38.3. The van der Waals surface area contributed by atoms with Crippen LogP contribution in [0.1, 0.15) is 26.3 Å². The van der Waals surface area contributed by atoms with Gasteiger partial charge >= 0.3 is 43.1 Å². The fraction of sp³-hybridized carbons (Fsp3) is 0.326. The molecule has 4 aromatic carbocycles. The minimum Gasteiger partial charge on any atom is -0.491 e. The third-order valence-corrected chi connectivity index (χ3v) is 10.5. The second-order valence-corrected chi connectivity index (χ2v) is 16.9. The van der Waals surface area contributed by atoms with Crippen LogP contribution in [0.2, 0.25) is 0 Å². The van der Waals surface area contributed by atoms with Crippen LogP contribution in [0.3, 0.4) is 0 Å². The molecule has 0 spiro atoms. The second kappa shape index (κ2) is 20.7. The number of anilines is 2. The minimum atomic E-state index is -4.39. The third-order valence-electron chi connectivity index (χ3n) is 10.0. The number of benzene rings is 4. The molecule has 0 bridgehead atoms. The van der Waals surface area contributed by atoms with Crippen LogP contribution in [0.4, 0.5) is 20.2 Å². The molecule has 2 saturated heterocycles. The second-order valence-electron chi connectivity index (χ2n) is 15.7. The molecule has 2 aromatic heterocycles. The molecule has 0 unspecified atom stereocenters. The van der Waals surface area contributed by atoms with E-state index in [1.807, 2.05) is 36.4 Å². The molecule has 0 radical (unpaired) electrons. The molecule has 2 aliphatic heterocycles. The molecule has 0 aliphatic carbocycles. The first-order chi connectivity index (χ1) is 29.6. The Morgan fingerprint density at radius 3 is 2.08 bits per heavy atom. The van der Waals surface area contributed by atoms with Crippen LogP contribution in [0.15, 0.2) is 121 Å². The molecular formula is C43H48F2N8NaO8P. The number of piperazine rings is 1. The molecule has 2 fully saturated rings. The van der Waals surface area contributed by atoms with Gasteiger partial charge in [0, 0.05) is 49.2 Å². The summed E-state index contributed by atoms with van der Waals surface area (Å²) in [5, 5.41) is 8.39. The number of halogens is 2. The molecule has 20 heteroatoms. The first-order valence-corrected chi connectivity index (χ1v) is 21.4. The number of para-hydroxylation sites is 1. The number of hydrogen-bond acceptors (Lipinski definition) is 11. The normalized spacial score (nSPS) is 17.7. The van der Waals surface area contributed by atoms with Gasteiger partial charge in [-0.05, 0) is 72.8 Å². The van der Waals surface area contributed by atoms with Gasteiger partial charge in [0.25, 0.3) is 0 Å². The number of hydrogen-bond donors (Lipinski definition) is 2. The van der Waals surface area contributed by atoms with Gasteiger partial charge in [-0.3, -0.25) is 9.79 Å². The Hall–Kier alpha value is -4.91. The standard InChI is InChI=1S/C37H41F2N8O4.C6H7O4P.Na/c1-36(2,3)14-15-47-35(48)46(26-42-47)30-7-5-28(6-8-30)43-16-18-44(19-17-43)29-9-11-31(12-10-29)49-21-32-22-50-37(51-32,23-45-25-40-24-41-45)33-13-4-27(38)20-34(33)39;7-11(8,9)10-6-4-2-1-3-5-6;/h4-14,20,24-26,32H,15-19,21-23H2,1-3H3;1-5H,(H2,7,8,9);/q-1;;+1/t32-,37-;;/m1../s1. The summed E-state index contributed by atoms with van der Waals surface area (Å²) in [6, 6.07) is 27.2. The van der Waals surface area contributed by atoms with Gasteiger partial charge in [0.15, 0.2) is 0 Å². The van der Waals surface area contributed by atoms with Crippen molar-refractivity contribution in [2.45, 2.75) is 45.8 Å². The predicted molar refractivity (Wildman–Crippen MR) is 226 cm³/mol. The minimum absolute atomic E-state index is 0. The zero-order valence-electron chi connectivity index (χ0n) is 35.4. The van der Waals surface area contributed by atoms with Crippen LogP contribution in [0.5, 0.6) is 11.5 Å². The Labute approximate surface area is 385 Å². The summed E-state index contributed by atoms with van der Waals surface area (Å²) in [4.78, 5) is 38.2. The molecule has 2 aliphatic rings. The van der Waals surface area contributed by atoms with E-state index in [0.29, 0.717) is 12.3 Å². The summed E-state index contributed by atoms with van der Waals surface area (Å²) in [5.41, 5.74) is 2.91. The van der Waals surface area contributed by atoms with Crippen molar-refractivity contribution in [2.24, 2.45) is 5.41 Å². The molecule has 16 nitrogen and oxygen atoms in total. The summed E-state index contributed by atoms with van der Waals surface area (Å²) in [6.45, 7) is 10.5. The van der Waals surface area contributed by atoms with Gasteiger partial charge in [0.1, 0.15) is 61.4 Å². The molecule has 63 heavy (non-hydrogen) atoms. The van der Waals surface area contributed by atoms with E-state index < -0.39 is 31.3 Å². The fourth-order valence-electron chi connectivity index (χ4n) is 6.89. The molecule has 8 rings (SSSR count). The first kappa shape index (κ1) is 47.6. The smallest absolute Gasteiger partial charge is 0.491 e. The van der Waals surface area contributed by atoms with Crippen molar-refractivity contribution in [1.29, 1.82) is 0 Å². The quantitative estimate of drug-likeness (QED) is 0.0987. The summed E-state index contributed by atoms with van der Waals surface area (Å²) in [7, 11) is -4.39. The largest absolute Gasteiger partial charge is 1.00 e. The van der Waals surface area contributed by atoms with Gasteiger partial charge in [-0.2, -0.15) is 15.6 Å². The number of phosphoric ester groups is 1. The fourth-order valence-corrected chi connectivity index (χ4v) is 7.29. The van der Waals surface area contributed by atoms with E-state index in [2.05, 4.69) is 68.8 Å². The molecule has 6 aromatic rings. The van der Waals surface area contributed by atoms with Gasteiger partial charge in [-0.1, -0.05) is 45.5 Å². The summed E-state index contributed by atoms with van der Waals surface area (Å²) >= 11 is 0. The van der Waals surface area contributed by atoms with Crippen molar-refractivity contribution in [3.8, 4) is 17.2 Å². The third kappa shape index (κ3) is 12.9. The van der Waals surface area contributed by atoms with E-state index >= 15 is 0 Å². The number of phosphoric acid groups is 1. The van der Waals surface area contributed by atoms with Crippen molar-refractivity contribution in [3.05, 3.63) is 150 Å². The van der Waals surface area contributed by atoms with Gasteiger partial charge in [-0.15, -0.1) is 0 Å². The SMILES string of the molecule is CC(C)(C)[CH-]Cn1ncn(-c2ccc(N3CCN(c4ccc(OC[C@@H]5CO[C@@](Cn6cncn6)(c6ccc(F)cc6F)O5)cc4)CC3)cc2)c1=O.O=P(O)(O)Oc1ccccc1.[Na+]. The maximum atomic E-state index is 14.9. The average molecular weight is 897 g/mol. The van der Waals surface area contributed by atoms with Crippen molar-refractivity contribution in [2.75, 3.05) is 49.2 Å². The monoisotopic (exact) mass is 896 g/mol. The maximum absolute atomic E-state index is 14.9. The van der Waals surface area contributed by atoms with Gasteiger partial charge in [0.05, 0.1) is 12.3 Å². The molecule has 2 atom stereocenters. The van der Waals surface area contributed by atoms with Crippen LogP contribution in [0.25, 0.3) is 5.69 Å². The molecular weight excluding hydrogens is 848 g/mol. The van der Waals surface area contributed by atoms with Crippen molar-refractivity contribution in [3.63, 3.8) is 0 Å². The van der Waals surface area contributed by atoms with E-state index in [0.717, 1.165) is 49.3 Å². The Balaban J connectivity index is 0.000000482. The molecule has 2 N–H and O–H groups in total. The van der Waals surface area contributed by atoms with E-state index in [-0.39, 0.29) is 71.7 Å². The van der Waals surface area contributed by atoms with E-state index in [4.69, 9.17) is 24.0 Å². The van der Waals surface area contributed by atoms with E-state index in [9.17, 15) is 18.1 Å². The van der Waals surface area contributed by atoms with Crippen LogP contribution < -0.4 is 54.3 Å². The van der Waals surface area contributed by atoms with Crippen LogP contribution in [-0.4, -0.2) is 84.4 Å². The van der Waals surface area contributed by atoms with Gasteiger partial charge in [0.2, 0.25) is 5.79 Å². The molecule has 0 amide bonds. The van der Waals surface area contributed by atoms with Crippen molar-refractivity contribution >= 4 is 19.2 Å². The van der Waals surface area contributed by atoms with Crippen LogP contribution in [-0.2, 0) is 32.9 Å². The van der Waals surface area contributed by atoms with Gasteiger partial charge < -0.3 is 35.0 Å². The Bertz CT molecular complexity index is 2480. The number of aromatic nitrogens is 6. The van der Waals surface area contributed by atoms with Crippen LogP contribution in [0, 0.1) is 23.5 Å².